The summed E-state index contributed by atoms with van der Waals surface area (Å²) in [6, 6.07) is 10.4. The highest BCUT2D eigenvalue weighted by Crippen LogP contribution is 2.44. The Morgan fingerprint density at radius 2 is 1.86 bits per heavy atom. The third kappa shape index (κ3) is 2.26. The lowest BCUT2D eigenvalue weighted by molar-refractivity contribution is 0.507. The van der Waals surface area contributed by atoms with Gasteiger partial charge in [0.25, 0.3) is 0 Å². The van der Waals surface area contributed by atoms with Crippen LogP contribution in [0.1, 0.15) is 12.8 Å². The zero-order valence-electron chi connectivity index (χ0n) is 8.72. The summed E-state index contributed by atoms with van der Waals surface area (Å²) in [5.41, 5.74) is 1.76. The van der Waals surface area contributed by atoms with Crippen molar-refractivity contribution in [3.8, 4) is 0 Å². The summed E-state index contributed by atoms with van der Waals surface area (Å²) in [7, 11) is 2.03. The Balaban J connectivity index is 1.83. The molecule has 1 aliphatic carbocycles. The van der Waals surface area contributed by atoms with Crippen LogP contribution in [0.2, 0.25) is 0 Å². The lowest BCUT2D eigenvalue weighted by Gasteiger charge is -2.16. The number of para-hydroxylation sites is 1. The monoisotopic (exact) mass is 190 g/mol. The Hall–Kier alpha value is -1.02. The molecular formula is C12H18N2. The molecule has 2 heteroatoms. The minimum Gasteiger partial charge on any atom is -0.384 e. The summed E-state index contributed by atoms with van der Waals surface area (Å²) in [6.45, 7) is 2.23. The number of rotatable bonds is 5. The van der Waals surface area contributed by atoms with Gasteiger partial charge in [0.1, 0.15) is 0 Å². The van der Waals surface area contributed by atoms with Crippen molar-refractivity contribution in [1.29, 1.82) is 0 Å². The molecular weight excluding hydrogens is 172 g/mol. The molecule has 2 rings (SSSR count). The van der Waals surface area contributed by atoms with Gasteiger partial charge in [0, 0.05) is 24.2 Å². The molecule has 1 aromatic rings. The van der Waals surface area contributed by atoms with E-state index in [1.807, 2.05) is 13.1 Å². The molecule has 0 heterocycles. The van der Waals surface area contributed by atoms with Gasteiger partial charge >= 0.3 is 0 Å². The molecule has 0 unspecified atom stereocenters. The molecule has 0 aromatic heterocycles. The van der Waals surface area contributed by atoms with Crippen molar-refractivity contribution in [3.05, 3.63) is 30.3 Å². The maximum absolute atomic E-state index is 3.49. The number of anilines is 1. The van der Waals surface area contributed by atoms with Crippen LogP contribution >= 0.6 is 0 Å². The second-order valence-corrected chi connectivity index (χ2v) is 4.25. The van der Waals surface area contributed by atoms with E-state index >= 15 is 0 Å². The zero-order chi connectivity index (χ0) is 9.86. The van der Waals surface area contributed by atoms with Gasteiger partial charge in [0.05, 0.1) is 0 Å². The molecule has 0 saturated heterocycles. The fourth-order valence-electron chi connectivity index (χ4n) is 1.81. The molecule has 0 spiro atoms. The Labute approximate surface area is 85.7 Å². The van der Waals surface area contributed by atoms with E-state index in [0.717, 1.165) is 13.1 Å². The SMILES string of the molecule is CNCC1(CNc2ccccc2)CC1. The van der Waals surface area contributed by atoms with Gasteiger partial charge in [0.15, 0.2) is 0 Å². The molecule has 0 amide bonds. The van der Waals surface area contributed by atoms with Crippen molar-refractivity contribution in [3.63, 3.8) is 0 Å². The molecule has 1 fully saturated rings. The van der Waals surface area contributed by atoms with E-state index in [4.69, 9.17) is 0 Å². The summed E-state index contributed by atoms with van der Waals surface area (Å²) in [5, 5.41) is 6.76. The lowest BCUT2D eigenvalue weighted by Crippen LogP contribution is -2.26. The number of benzene rings is 1. The van der Waals surface area contributed by atoms with E-state index in [2.05, 4.69) is 34.9 Å². The molecule has 0 bridgehead atoms. The summed E-state index contributed by atoms with van der Waals surface area (Å²) < 4.78 is 0. The smallest absolute Gasteiger partial charge is 0.0340 e. The predicted molar refractivity (Wildman–Crippen MR) is 60.5 cm³/mol. The van der Waals surface area contributed by atoms with Crippen molar-refractivity contribution in [1.82, 2.24) is 5.32 Å². The minimum atomic E-state index is 0.532. The number of hydrogen-bond donors (Lipinski definition) is 2. The molecule has 76 valence electrons. The van der Waals surface area contributed by atoms with Gasteiger partial charge in [-0.05, 0) is 32.0 Å². The van der Waals surface area contributed by atoms with Crippen LogP contribution in [0.4, 0.5) is 5.69 Å². The van der Waals surface area contributed by atoms with Gasteiger partial charge in [-0.15, -0.1) is 0 Å². The molecule has 1 aromatic carbocycles. The topological polar surface area (TPSA) is 24.1 Å². The third-order valence-electron chi connectivity index (χ3n) is 2.95. The third-order valence-corrected chi connectivity index (χ3v) is 2.95. The van der Waals surface area contributed by atoms with E-state index < -0.39 is 0 Å². The second-order valence-electron chi connectivity index (χ2n) is 4.25. The quantitative estimate of drug-likeness (QED) is 0.743. The van der Waals surface area contributed by atoms with Crippen molar-refractivity contribution in [2.45, 2.75) is 12.8 Å². The Morgan fingerprint density at radius 3 is 2.43 bits per heavy atom. The van der Waals surface area contributed by atoms with Crippen LogP contribution in [0.25, 0.3) is 0 Å². The Morgan fingerprint density at radius 1 is 1.14 bits per heavy atom. The van der Waals surface area contributed by atoms with Gasteiger partial charge in [-0.1, -0.05) is 18.2 Å². The fourth-order valence-corrected chi connectivity index (χ4v) is 1.81. The van der Waals surface area contributed by atoms with Crippen LogP contribution in [0.3, 0.4) is 0 Å². The molecule has 2 nitrogen and oxygen atoms in total. The largest absolute Gasteiger partial charge is 0.384 e. The van der Waals surface area contributed by atoms with Crippen LogP contribution < -0.4 is 10.6 Å². The first-order valence-electron chi connectivity index (χ1n) is 5.28. The van der Waals surface area contributed by atoms with Gasteiger partial charge in [0.2, 0.25) is 0 Å². The average molecular weight is 190 g/mol. The Kier molecular flexibility index (Phi) is 2.73. The van der Waals surface area contributed by atoms with Gasteiger partial charge in [-0.25, -0.2) is 0 Å². The minimum absolute atomic E-state index is 0.532. The summed E-state index contributed by atoms with van der Waals surface area (Å²) in [4.78, 5) is 0. The van der Waals surface area contributed by atoms with E-state index in [-0.39, 0.29) is 0 Å². The highest BCUT2D eigenvalue weighted by Gasteiger charge is 2.41. The molecule has 0 aliphatic heterocycles. The highest BCUT2D eigenvalue weighted by molar-refractivity contribution is 5.42. The molecule has 14 heavy (non-hydrogen) atoms. The number of hydrogen-bond acceptors (Lipinski definition) is 2. The van der Waals surface area contributed by atoms with E-state index in [1.54, 1.807) is 0 Å². The second kappa shape index (κ2) is 4.01. The van der Waals surface area contributed by atoms with E-state index in [0.29, 0.717) is 5.41 Å². The molecule has 0 radical (unpaired) electrons. The van der Waals surface area contributed by atoms with Crippen molar-refractivity contribution >= 4 is 5.69 Å². The molecule has 1 saturated carbocycles. The maximum Gasteiger partial charge on any atom is 0.0340 e. The first-order valence-corrected chi connectivity index (χ1v) is 5.28. The highest BCUT2D eigenvalue weighted by atomic mass is 14.9. The summed E-state index contributed by atoms with van der Waals surface area (Å²) in [5.74, 6) is 0. The zero-order valence-corrected chi connectivity index (χ0v) is 8.72. The molecule has 1 aliphatic rings. The first-order chi connectivity index (χ1) is 6.85. The van der Waals surface area contributed by atoms with E-state index in [9.17, 15) is 0 Å². The van der Waals surface area contributed by atoms with Gasteiger partial charge < -0.3 is 10.6 Å². The van der Waals surface area contributed by atoms with Crippen LogP contribution in [0, 0.1) is 5.41 Å². The van der Waals surface area contributed by atoms with Gasteiger partial charge in [-0.3, -0.25) is 0 Å². The van der Waals surface area contributed by atoms with Crippen LogP contribution in [0.5, 0.6) is 0 Å². The molecule has 0 atom stereocenters. The molecule has 2 N–H and O–H groups in total. The van der Waals surface area contributed by atoms with Crippen molar-refractivity contribution < 1.29 is 0 Å². The van der Waals surface area contributed by atoms with Crippen LogP contribution in [-0.4, -0.2) is 20.1 Å². The van der Waals surface area contributed by atoms with Crippen molar-refractivity contribution in [2.75, 3.05) is 25.5 Å². The summed E-state index contributed by atoms with van der Waals surface area (Å²) in [6.07, 6.45) is 2.71. The lowest BCUT2D eigenvalue weighted by atomic mass is 10.1. The summed E-state index contributed by atoms with van der Waals surface area (Å²) >= 11 is 0. The first kappa shape index (κ1) is 9.53. The predicted octanol–water partition coefficient (Wildman–Crippen LogP) is 2.10. The Bertz CT molecular complexity index is 278. The van der Waals surface area contributed by atoms with Crippen LogP contribution in [-0.2, 0) is 0 Å². The van der Waals surface area contributed by atoms with E-state index in [1.165, 1.54) is 18.5 Å². The maximum atomic E-state index is 3.49. The van der Waals surface area contributed by atoms with Gasteiger partial charge in [-0.2, -0.15) is 0 Å². The standard InChI is InChI=1S/C12H18N2/c1-13-9-12(7-8-12)10-14-11-5-3-2-4-6-11/h2-6,13-14H,7-10H2,1H3. The van der Waals surface area contributed by atoms with Crippen molar-refractivity contribution in [2.24, 2.45) is 5.41 Å². The van der Waals surface area contributed by atoms with Crippen LogP contribution in [0.15, 0.2) is 30.3 Å². The average Bonchev–Trinajstić information content (AvgIpc) is 2.98. The normalized spacial score (nSPS) is 17.8. The fraction of sp³-hybridized carbons (Fsp3) is 0.500. The number of nitrogens with one attached hydrogen (secondary N) is 2.